The van der Waals surface area contributed by atoms with Gasteiger partial charge in [0.25, 0.3) is 10.1 Å². The summed E-state index contributed by atoms with van der Waals surface area (Å²) >= 11 is 0. The maximum absolute atomic E-state index is 11.8. The Bertz CT molecular complexity index is 474. The highest BCUT2D eigenvalue weighted by molar-refractivity contribution is 7.87. The number of carbonyl (C=O) groups is 2. The quantitative estimate of drug-likeness (QED) is 0.207. The fourth-order valence-corrected chi connectivity index (χ4v) is 2.66. The van der Waals surface area contributed by atoms with Gasteiger partial charge in [-0.2, -0.15) is 8.42 Å². The molecule has 0 aliphatic carbocycles. The van der Waals surface area contributed by atoms with E-state index in [2.05, 4.69) is 6.92 Å². The highest BCUT2D eigenvalue weighted by Gasteiger charge is 2.36. The van der Waals surface area contributed by atoms with Gasteiger partial charge in [-0.1, -0.05) is 46.0 Å². The molecule has 9 heteroatoms. The first-order valence-electron chi connectivity index (χ1n) is 8.22. The zero-order valence-electron chi connectivity index (χ0n) is 14.3. The third-order valence-electron chi connectivity index (χ3n) is 3.37. The average molecular weight is 368 g/mol. The van der Waals surface area contributed by atoms with E-state index in [9.17, 15) is 18.0 Å². The van der Waals surface area contributed by atoms with E-state index in [1.165, 1.54) is 6.42 Å². The van der Waals surface area contributed by atoms with Gasteiger partial charge in [0.2, 0.25) is 6.29 Å². The van der Waals surface area contributed by atoms with Crippen LogP contribution >= 0.6 is 0 Å². The molecule has 2 unspecified atom stereocenters. The second-order valence-corrected chi connectivity index (χ2v) is 7.11. The van der Waals surface area contributed by atoms with Gasteiger partial charge in [0.1, 0.15) is 0 Å². The highest BCUT2D eigenvalue weighted by atomic mass is 32.2. The maximum Gasteiger partial charge on any atom is 0.329 e. The first kappa shape index (κ1) is 22.8. The number of carboxylic acid groups (broad SMARTS) is 1. The number of esters is 1. The topological polar surface area (TPSA) is 127 Å². The fourth-order valence-electron chi connectivity index (χ4n) is 2.01. The van der Waals surface area contributed by atoms with Crippen molar-refractivity contribution >= 4 is 22.1 Å². The molecule has 0 fully saturated rings. The van der Waals surface area contributed by atoms with Crippen LogP contribution < -0.4 is 0 Å². The van der Waals surface area contributed by atoms with Crippen LogP contribution in [0.2, 0.25) is 0 Å². The van der Waals surface area contributed by atoms with Crippen molar-refractivity contribution in [2.45, 2.75) is 76.8 Å². The Morgan fingerprint density at radius 1 is 1.04 bits per heavy atom. The second kappa shape index (κ2) is 12.2. The van der Waals surface area contributed by atoms with Crippen LogP contribution in [0, 0.1) is 0 Å². The van der Waals surface area contributed by atoms with Crippen LogP contribution in [0.4, 0.5) is 0 Å². The van der Waals surface area contributed by atoms with E-state index in [4.69, 9.17) is 19.1 Å². The lowest BCUT2D eigenvalue weighted by Gasteiger charge is -2.19. The molecular weight excluding hydrogens is 340 g/mol. The van der Waals surface area contributed by atoms with Crippen molar-refractivity contribution in [3.63, 3.8) is 0 Å². The summed E-state index contributed by atoms with van der Waals surface area (Å²) in [6.45, 7) is 4.17. The third kappa shape index (κ3) is 10.6. The Balaban J connectivity index is 4.32. The van der Waals surface area contributed by atoms with Crippen LogP contribution in [-0.2, 0) is 29.2 Å². The number of carbonyl (C=O) groups excluding carboxylic acids is 1. The maximum atomic E-state index is 11.8. The minimum Gasteiger partial charge on any atom is -0.481 e. The zero-order chi connectivity index (χ0) is 18.6. The van der Waals surface area contributed by atoms with E-state index in [0.29, 0.717) is 6.61 Å². The fraction of sp³-hybridized carbons (Fsp3) is 0.867. The molecule has 0 heterocycles. The molecule has 2 atom stereocenters. The molecule has 0 saturated carbocycles. The van der Waals surface area contributed by atoms with Gasteiger partial charge in [0, 0.05) is 6.42 Å². The van der Waals surface area contributed by atoms with E-state index in [1.807, 2.05) is 0 Å². The number of carboxylic acids is 1. The monoisotopic (exact) mass is 368 g/mol. The molecule has 0 rings (SSSR count). The van der Waals surface area contributed by atoms with Gasteiger partial charge in [0.05, 0.1) is 13.0 Å². The largest absolute Gasteiger partial charge is 0.481 e. The average Bonchev–Trinajstić information content (AvgIpc) is 2.49. The first-order chi connectivity index (χ1) is 11.2. The van der Waals surface area contributed by atoms with Gasteiger partial charge in [-0.25, -0.2) is 0 Å². The molecule has 0 saturated heterocycles. The normalized spacial score (nSPS) is 14.1. The number of unbranched alkanes of at least 4 members (excludes halogenated alkanes) is 5. The van der Waals surface area contributed by atoms with Gasteiger partial charge in [-0.05, 0) is 6.42 Å². The van der Waals surface area contributed by atoms with E-state index in [1.54, 1.807) is 6.92 Å². The van der Waals surface area contributed by atoms with Crippen molar-refractivity contribution in [1.82, 2.24) is 0 Å². The Morgan fingerprint density at radius 2 is 1.62 bits per heavy atom. The molecule has 0 aliphatic heterocycles. The Hall–Kier alpha value is -1.19. The molecule has 0 amide bonds. The van der Waals surface area contributed by atoms with Crippen molar-refractivity contribution < 1.29 is 37.1 Å². The zero-order valence-corrected chi connectivity index (χ0v) is 15.1. The molecule has 8 nitrogen and oxygen atoms in total. The minimum atomic E-state index is -4.86. The highest BCUT2D eigenvalue weighted by Crippen LogP contribution is 2.12. The number of hydrogen-bond donors (Lipinski definition) is 2. The summed E-state index contributed by atoms with van der Waals surface area (Å²) in [7, 11) is -4.86. The molecule has 0 radical (unpaired) electrons. The summed E-state index contributed by atoms with van der Waals surface area (Å²) in [5.41, 5.74) is 0. The number of ether oxygens (including phenoxy) is 2. The molecule has 0 aromatic rings. The summed E-state index contributed by atoms with van der Waals surface area (Å²) < 4.78 is 41.4. The summed E-state index contributed by atoms with van der Waals surface area (Å²) in [5.74, 6) is -2.86. The summed E-state index contributed by atoms with van der Waals surface area (Å²) in [4.78, 5) is 22.4. The molecule has 0 aromatic heterocycles. The van der Waals surface area contributed by atoms with Gasteiger partial charge in [-0.15, -0.1) is 0 Å². The second-order valence-electron chi connectivity index (χ2n) is 5.51. The standard InChI is InChI=1S/C15H28O8S/c1-3-5-6-7-8-9-10-22-14(4-2)23-15(18)12(11-13(16)17)24(19,20)21/h12,14H,3-11H2,1-2H3,(H,16,17)(H,19,20,21). The number of hydrogen-bond acceptors (Lipinski definition) is 6. The van der Waals surface area contributed by atoms with Crippen LogP contribution in [0.15, 0.2) is 0 Å². The predicted octanol–water partition coefficient (Wildman–Crippen LogP) is 2.37. The molecular formula is C15H28O8S. The lowest BCUT2D eigenvalue weighted by molar-refractivity contribution is -0.180. The lowest BCUT2D eigenvalue weighted by atomic mass is 10.1. The van der Waals surface area contributed by atoms with Gasteiger partial charge >= 0.3 is 11.9 Å². The van der Waals surface area contributed by atoms with Crippen molar-refractivity contribution in [3.05, 3.63) is 0 Å². The minimum absolute atomic E-state index is 0.285. The van der Waals surface area contributed by atoms with E-state index in [-0.39, 0.29) is 6.42 Å². The van der Waals surface area contributed by atoms with Crippen LogP contribution in [0.25, 0.3) is 0 Å². The number of rotatable bonds is 14. The Kier molecular flexibility index (Phi) is 11.6. The smallest absolute Gasteiger partial charge is 0.329 e. The number of aliphatic carboxylic acids is 1. The Labute approximate surface area is 143 Å². The van der Waals surface area contributed by atoms with Gasteiger partial charge in [-0.3, -0.25) is 14.1 Å². The van der Waals surface area contributed by atoms with Crippen LogP contribution in [0.3, 0.4) is 0 Å². The molecule has 142 valence electrons. The lowest BCUT2D eigenvalue weighted by Crippen LogP contribution is -2.36. The molecule has 0 bridgehead atoms. The van der Waals surface area contributed by atoms with Crippen molar-refractivity contribution in [2.24, 2.45) is 0 Å². The Morgan fingerprint density at radius 3 is 2.12 bits per heavy atom. The van der Waals surface area contributed by atoms with E-state index >= 15 is 0 Å². The van der Waals surface area contributed by atoms with E-state index in [0.717, 1.165) is 32.1 Å². The summed E-state index contributed by atoms with van der Waals surface area (Å²) in [5, 5.41) is 6.48. The first-order valence-corrected chi connectivity index (χ1v) is 9.72. The molecule has 0 spiro atoms. The van der Waals surface area contributed by atoms with Crippen LogP contribution in [0.5, 0.6) is 0 Å². The van der Waals surface area contributed by atoms with Crippen molar-refractivity contribution in [3.8, 4) is 0 Å². The van der Waals surface area contributed by atoms with Gasteiger partial charge < -0.3 is 14.6 Å². The molecule has 0 aromatic carbocycles. The molecule has 24 heavy (non-hydrogen) atoms. The van der Waals surface area contributed by atoms with Gasteiger partial charge in [0.15, 0.2) is 5.25 Å². The molecule has 2 N–H and O–H groups in total. The SMILES string of the molecule is CCCCCCCCOC(CC)OC(=O)C(CC(=O)O)S(=O)(=O)O. The molecule has 0 aliphatic rings. The summed E-state index contributed by atoms with van der Waals surface area (Å²) in [6, 6.07) is 0. The summed E-state index contributed by atoms with van der Waals surface area (Å²) in [6.07, 6.45) is 4.63. The third-order valence-corrected chi connectivity index (χ3v) is 4.44. The predicted molar refractivity (Wildman–Crippen MR) is 87.1 cm³/mol. The van der Waals surface area contributed by atoms with Crippen molar-refractivity contribution in [2.75, 3.05) is 6.61 Å². The van der Waals surface area contributed by atoms with Crippen LogP contribution in [-0.4, -0.2) is 48.2 Å². The van der Waals surface area contributed by atoms with Crippen molar-refractivity contribution in [1.29, 1.82) is 0 Å². The van der Waals surface area contributed by atoms with E-state index < -0.39 is 40.0 Å². The van der Waals surface area contributed by atoms with Crippen LogP contribution in [0.1, 0.15) is 65.2 Å².